The molecule has 0 radical (unpaired) electrons. The van der Waals surface area contributed by atoms with Crippen LogP contribution in [0.4, 0.5) is 0 Å². The molecule has 1 rings (SSSR count). The zero-order valence-corrected chi connectivity index (χ0v) is 6.08. The molecule has 1 aliphatic heterocycles. The molecule has 0 aromatic carbocycles. The molecule has 66 valence electrons. The first-order valence-corrected chi connectivity index (χ1v) is 3.41. The minimum Gasteiger partial charge on any atom is -0.388 e. The summed E-state index contributed by atoms with van der Waals surface area (Å²) < 4.78 is 4.68. The maximum absolute atomic E-state index is 9.09. The molecule has 4 N–H and O–H groups in total. The van der Waals surface area contributed by atoms with Crippen LogP contribution in [0.15, 0.2) is 0 Å². The summed E-state index contributed by atoms with van der Waals surface area (Å²) in [6, 6.07) is 0. The molecular weight excluding hydrogens is 152 g/mol. The zero-order valence-electron chi connectivity index (χ0n) is 6.08. The van der Waals surface area contributed by atoms with Gasteiger partial charge in [-0.15, -0.1) is 0 Å². The maximum Gasteiger partial charge on any atom is 0.183 e. The van der Waals surface area contributed by atoms with Gasteiger partial charge in [-0.25, -0.2) is 0 Å². The lowest BCUT2D eigenvalue weighted by Gasteiger charge is -2.36. The average molecular weight is 164 g/mol. The van der Waals surface area contributed by atoms with Gasteiger partial charge in [-0.2, -0.15) is 0 Å². The Morgan fingerprint density at radius 3 is 2.00 bits per heavy atom. The Hall–Kier alpha value is -0.200. The van der Waals surface area contributed by atoms with Gasteiger partial charge in [0, 0.05) is 0 Å². The van der Waals surface area contributed by atoms with E-state index in [0.717, 1.165) is 0 Å². The van der Waals surface area contributed by atoms with Crippen molar-refractivity contribution in [2.24, 2.45) is 0 Å². The van der Waals surface area contributed by atoms with E-state index in [-0.39, 0.29) is 0 Å². The van der Waals surface area contributed by atoms with Gasteiger partial charge in [0.05, 0.1) is 6.10 Å². The predicted octanol–water partition coefficient (Wildman–Crippen LogP) is -2.19. The zero-order chi connectivity index (χ0) is 8.59. The largest absolute Gasteiger partial charge is 0.388 e. The van der Waals surface area contributed by atoms with Gasteiger partial charge in [0.1, 0.15) is 18.3 Å². The number of aliphatic hydroxyl groups excluding tert-OH is 4. The van der Waals surface area contributed by atoms with Gasteiger partial charge in [0.25, 0.3) is 0 Å². The molecule has 0 aromatic rings. The second-order valence-corrected chi connectivity index (χ2v) is 2.70. The van der Waals surface area contributed by atoms with Gasteiger partial charge in [0.2, 0.25) is 0 Å². The standard InChI is InChI=1S/C6H12O5/c1-2-3(7)4(8)5(9)6(10)11-2/h2-10H,1H3/t2?,3-,4-,5?,6?/m1/s1. The first-order chi connectivity index (χ1) is 5.04. The monoisotopic (exact) mass is 164 g/mol. The predicted molar refractivity (Wildman–Crippen MR) is 34.6 cm³/mol. The highest BCUT2D eigenvalue weighted by Gasteiger charge is 2.40. The van der Waals surface area contributed by atoms with Crippen molar-refractivity contribution in [1.82, 2.24) is 0 Å². The van der Waals surface area contributed by atoms with E-state index < -0.39 is 30.7 Å². The van der Waals surface area contributed by atoms with E-state index in [2.05, 4.69) is 4.74 Å². The fourth-order valence-corrected chi connectivity index (χ4v) is 1.03. The lowest BCUT2D eigenvalue weighted by molar-refractivity contribution is -0.277. The van der Waals surface area contributed by atoms with Crippen LogP contribution in [0.3, 0.4) is 0 Å². The van der Waals surface area contributed by atoms with Crippen LogP contribution in [0.25, 0.3) is 0 Å². The van der Waals surface area contributed by atoms with Crippen molar-refractivity contribution in [1.29, 1.82) is 0 Å². The van der Waals surface area contributed by atoms with Crippen molar-refractivity contribution >= 4 is 0 Å². The Morgan fingerprint density at radius 2 is 1.45 bits per heavy atom. The molecule has 1 saturated heterocycles. The lowest BCUT2D eigenvalue weighted by atomic mass is 10.0. The molecule has 0 aromatic heterocycles. The van der Waals surface area contributed by atoms with Crippen molar-refractivity contribution < 1.29 is 25.2 Å². The van der Waals surface area contributed by atoms with E-state index in [1.807, 2.05) is 0 Å². The number of hydrogen-bond acceptors (Lipinski definition) is 5. The third-order valence-corrected chi connectivity index (χ3v) is 1.83. The molecule has 3 unspecified atom stereocenters. The summed E-state index contributed by atoms with van der Waals surface area (Å²) in [6.45, 7) is 1.50. The Morgan fingerprint density at radius 1 is 0.909 bits per heavy atom. The van der Waals surface area contributed by atoms with Crippen molar-refractivity contribution in [3.8, 4) is 0 Å². The number of rotatable bonds is 0. The molecule has 5 nitrogen and oxygen atoms in total. The van der Waals surface area contributed by atoms with E-state index in [9.17, 15) is 0 Å². The number of hydrogen-bond donors (Lipinski definition) is 4. The van der Waals surface area contributed by atoms with Crippen LogP contribution in [0.5, 0.6) is 0 Å². The normalized spacial score (nSPS) is 52.6. The highest BCUT2D eigenvalue weighted by atomic mass is 16.6. The van der Waals surface area contributed by atoms with E-state index in [1.165, 1.54) is 6.92 Å². The Balaban J connectivity index is 2.63. The van der Waals surface area contributed by atoms with Crippen LogP contribution in [0.1, 0.15) is 6.92 Å². The summed E-state index contributed by atoms with van der Waals surface area (Å²) in [4.78, 5) is 0. The van der Waals surface area contributed by atoms with Gasteiger partial charge in [-0.3, -0.25) is 0 Å². The minimum atomic E-state index is -1.43. The SMILES string of the molecule is CC1OC(O)C(O)[C@H](O)[C@@H]1O. The van der Waals surface area contributed by atoms with Gasteiger partial charge in [-0.1, -0.05) is 0 Å². The summed E-state index contributed by atoms with van der Waals surface area (Å²) in [7, 11) is 0. The summed E-state index contributed by atoms with van der Waals surface area (Å²) in [5, 5.41) is 36.0. The molecule has 0 aliphatic carbocycles. The van der Waals surface area contributed by atoms with Gasteiger partial charge in [-0.05, 0) is 6.92 Å². The van der Waals surface area contributed by atoms with Gasteiger partial charge >= 0.3 is 0 Å². The molecule has 5 heteroatoms. The molecule has 11 heavy (non-hydrogen) atoms. The third kappa shape index (κ3) is 1.52. The van der Waals surface area contributed by atoms with Crippen molar-refractivity contribution in [2.75, 3.05) is 0 Å². The van der Waals surface area contributed by atoms with Crippen LogP contribution >= 0.6 is 0 Å². The van der Waals surface area contributed by atoms with E-state index in [1.54, 1.807) is 0 Å². The van der Waals surface area contributed by atoms with Crippen LogP contribution in [0, 0.1) is 0 Å². The van der Waals surface area contributed by atoms with E-state index in [0.29, 0.717) is 0 Å². The summed E-state index contributed by atoms with van der Waals surface area (Å²) in [5.74, 6) is 0. The first kappa shape index (κ1) is 8.89. The van der Waals surface area contributed by atoms with Crippen LogP contribution < -0.4 is 0 Å². The van der Waals surface area contributed by atoms with Crippen molar-refractivity contribution in [3.63, 3.8) is 0 Å². The molecule has 1 aliphatic rings. The quantitative estimate of drug-likeness (QED) is 0.326. The van der Waals surface area contributed by atoms with Crippen LogP contribution in [-0.2, 0) is 4.74 Å². The molecule has 1 fully saturated rings. The highest BCUT2D eigenvalue weighted by molar-refractivity contribution is 4.86. The fraction of sp³-hybridized carbons (Fsp3) is 1.00. The Labute approximate surface area is 63.8 Å². The minimum absolute atomic E-state index is 0.664. The maximum atomic E-state index is 9.09. The third-order valence-electron chi connectivity index (χ3n) is 1.83. The van der Waals surface area contributed by atoms with E-state index in [4.69, 9.17) is 20.4 Å². The summed E-state index contributed by atoms with van der Waals surface area (Å²) >= 11 is 0. The average Bonchev–Trinajstić information content (AvgIpc) is 1.97. The fourth-order valence-electron chi connectivity index (χ4n) is 1.03. The molecule has 0 spiro atoms. The molecular formula is C6H12O5. The van der Waals surface area contributed by atoms with E-state index >= 15 is 0 Å². The molecule has 0 amide bonds. The lowest BCUT2D eigenvalue weighted by Crippen LogP contribution is -2.56. The van der Waals surface area contributed by atoms with Crippen molar-refractivity contribution in [2.45, 2.75) is 37.6 Å². The Bertz CT molecular complexity index is 125. The molecule has 1 heterocycles. The first-order valence-electron chi connectivity index (χ1n) is 3.41. The Kier molecular flexibility index (Phi) is 2.46. The van der Waals surface area contributed by atoms with Crippen LogP contribution in [0.2, 0.25) is 0 Å². The number of ether oxygens (including phenoxy) is 1. The molecule has 5 atom stereocenters. The topological polar surface area (TPSA) is 90.2 Å². The molecule has 0 bridgehead atoms. The molecule has 0 saturated carbocycles. The second-order valence-electron chi connectivity index (χ2n) is 2.70. The van der Waals surface area contributed by atoms with Crippen molar-refractivity contribution in [3.05, 3.63) is 0 Å². The highest BCUT2D eigenvalue weighted by Crippen LogP contribution is 2.18. The summed E-state index contributed by atoms with van der Waals surface area (Å²) in [5.41, 5.74) is 0. The number of aliphatic hydroxyl groups is 4. The van der Waals surface area contributed by atoms with Crippen LogP contribution in [-0.4, -0.2) is 51.1 Å². The summed E-state index contributed by atoms with van der Waals surface area (Å²) in [6.07, 6.45) is -5.99. The smallest absolute Gasteiger partial charge is 0.183 e. The van der Waals surface area contributed by atoms with Gasteiger partial charge < -0.3 is 25.2 Å². The van der Waals surface area contributed by atoms with Gasteiger partial charge in [0.15, 0.2) is 6.29 Å². The second kappa shape index (κ2) is 3.04.